The van der Waals surface area contributed by atoms with Gasteiger partial charge in [0.2, 0.25) is 0 Å². The van der Waals surface area contributed by atoms with Gasteiger partial charge >= 0.3 is 0 Å². The van der Waals surface area contributed by atoms with Crippen LogP contribution in [0.25, 0.3) is 0 Å². The largest absolute Gasteiger partial charge is 0.378 e. The lowest BCUT2D eigenvalue weighted by Crippen LogP contribution is -2.23. The lowest BCUT2D eigenvalue weighted by molar-refractivity contribution is -0.384. The topological polar surface area (TPSA) is 55.2 Å². The fourth-order valence-corrected chi connectivity index (χ4v) is 4.45. The third kappa shape index (κ3) is 3.76. The molecular weight excluding hydrogens is 287 g/mol. The van der Waals surface area contributed by atoms with Gasteiger partial charge in [-0.25, -0.2) is 4.39 Å². The van der Waals surface area contributed by atoms with Gasteiger partial charge in [0.05, 0.1) is 11.0 Å². The van der Waals surface area contributed by atoms with E-state index < -0.39 is 10.7 Å². The second-order valence-electron chi connectivity index (χ2n) is 4.32. The number of nitrogens with one attached hydrogen (secondary N) is 1. The predicted octanol–water partition coefficient (Wildman–Crippen LogP) is 3.30. The molecule has 1 aliphatic heterocycles. The molecule has 1 N–H and O–H groups in total. The molecule has 0 spiro atoms. The highest BCUT2D eigenvalue weighted by Crippen LogP contribution is 2.29. The van der Waals surface area contributed by atoms with Gasteiger partial charge < -0.3 is 5.32 Å². The first-order chi connectivity index (χ1) is 9.08. The molecule has 4 nitrogen and oxygen atoms in total. The summed E-state index contributed by atoms with van der Waals surface area (Å²) in [6.45, 7) is 2.28. The second kappa shape index (κ2) is 6.47. The Labute approximate surface area is 119 Å². The molecule has 1 aromatic rings. The van der Waals surface area contributed by atoms with Crippen LogP contribution in [0.1, 0.15) is 5.56 Å². The molecule has 1 aliphatic rings. The molecule has 1 unspecified atom stereocenters. The quantitative estimate of drug-likeness (QED) is 0.683. The van der Waals surface area contributed by atoms with Crippen molar-refractivity contribution in [3.8, 4) is 0 Å². The van der Waals surface area contributed by atoms with Crippen molar-refractivity contribution in [1.82, 2.24) is 0 Å². The van der Waals surface area contributed by atoms with Crippen LogP contribution < -0.4 is 5.32 Å². The molecule has 1 atom stereocenters. The number of nitro benzene ring substituents is 1. The zero-order valence-electron chi connectivity index (χ0n) is 10.5. The number of rotatable bonds is 4. The number of halogens is 1. The van der Waals surface area contributed by atoms with E-state index in [9.17, 15) is 14.5 Å². The van der Waals surface area contributed by atoms with Crippen molar-refractivity contribution in [3.63, 3.8) is 0 Å². The third-order valence-corrected chi connectivity index (χ3v) is 5.72. The van der Waals surface area contributed by atoms with Gasteiger partial charge in [-0.15, -0.1) is 0 Å². The number of hydrogen-bond acceptors (Lipinski definition) is 5. The highest BCUT2D eigenvalue weighted by molar-refractivity contribution is 8.06. The summed E-state index contributed by atoms with van der Waals surface area (Å²) in [7, 11) is 0. The molecule has 0 saturated carbocycles. The number of anilines is 1. The standard InChI is InChI=1S/C12H15FN2O2S2/c1-8-4-11(12(15(16)17)5-10(8)13)14-6-9-7-18-2-3-19-9/h4-5,9,14H,2-3,6-7H2,1H3. The first kappa shape index (κ1) is 14.5. The summed E-state index contributed by atoms with van der Waals surface area (Å²) in [6.07, 6.45) is 0. The summed E-state index contributed by atoms with van der Waals surface area (Å²) in [6, 6.07) is 2.49. The van der Waals surface area contributed by atoms with Crippen LogP contribution in [0.5, 0.6) is 0 Å². The van der Waals surface area contributed by atoms with E-state index in [0.717, 1.165) is 23.3 Å². The van der Waals surface area contributed by atoms with E-state index in [1.165, 1.54) is 6.07 Å². The molecule has 19 heavy (non-hydrogen) atoms. The Hall–Kier alpha value is -0.950. The Morgan fingerprint density at radius 3 is 2.95 bits per heavy atom. The number of hydrogen-bond donors (Lipinski definition) is 1. The molecule has 7 heteroatoms. The zero-order valence-corrected chi connectivity index (χ0v) is 12.2. The maximum atomic E-state index is 13.4. The van der Waals surface area contributed by atoms with Gasteiger partial charge in [0.15, 0.2) is 0 Å². The minimum absolute atomic E-state index is 0.198. The molecule has 1 saturated heterocycles. The molecule has 1 heterocycles. The van der Waals surface area contributed by atoms with Gasteiger partial charge in [0.25, 0.3) is 5.69 Å². The Balaban J connectivity index is 2.09. The number of thioether (sulfide) groups is 2. The van der Waals surface area contributed by atoms with Gasteiger partial charge in [0, 0.05) is 29.1 Å². The van der Waals surface area contributed by atoms with E-state index in [2.05, 4.69) is 5.32 Å². The van der Waals surface area contributed by atoms with Crippen molar-refractivity contribution in [2.75, 3.05) is 29.1 Å². The molecule has 0 aliphatic carbocycles. The van der Waals surface area contributed by atoms with Crippen LogP contribution in [0.2, 0.25) is 0 Å². The second-order valence-corrected chi connectivity index (χ2v) is 6.88. The van der Waals surface area contributed by atoms with E-state index in [1.54, 1.807) is 6.92 Å². The molecule has 2 rings (SSSR count). The number of aryl methyl sites for hydroxylation is 1. The first-order valence-electron chi connectivity index (χ1n) is 5.95. The van der Waals surface area contributed by atoms with E-state index in [1.807, 2.05) is 23.5 Å². The Morgan fingerprint density at radius 1 is 1.53 bits per heavy atom. The van der Waals surface area contributed by atoms with Crippen LogP contribution in [0.4, 0.5) is 15.8 Å². The van der Waals surface area contributed by atoms with Gasteiger partial charge in [-0.3, -0.25) is 10.1 Å². The summed E-state index contributed by atoms with van der Waals surface area (Å²) in [4.78, 5) is 10.4. The van der Waals surface area contributed by atoms with Crippen molar-refractivity contribution < 1.29 is 9.31 Å². The molecule has 104 valence electrons. The maximum absolute atomic E-state index is 13.4. The summed E-state index contributed by atoms with van der Waals surface area (Å²) < 4.78 is 13.4. The van der Waals surface area contributed by atoms with Crippen LogP contribution in [0.15, 0.2) is 12.1 Å². The maximum Gasteiger partial charge on any atom is 0.295 e. The molecule has 1 fully saturated rings. The number of nitro groups is 1. The van der Waals surface area contributed by atoms with E-state index >= 15 is 0 Å². The molecule has 0 bridgehead atoms. The van der Waals surface area contributed by atoms with Crippen molar-refractivity contribution in [3.05, 3.63) is 33.6 Å². The van der Waals surface area contributed by atoms with Crippen LogP contribution >= 0.6 is 23.5 Å². The van der Waals surface area contributed by atoms with Crippen molar-refractivity contribution >= 4 is 34.9 Å². The smallest absolute Gasteiger partial charge is 0.295 e. The molecule has 0 radical (unpaired) electrons. The van der Waals surface area contributed by atoms with Crippen LogP contribution in [-0.2, 0) is 0 Å². The molecular formula is C12H15FN2O2S2. The van der Waals surface area contributed by atoms with Gasteiger partial charge in [-0.05, 0) is 18.6 Å². The summed E-state index contributed by atoms with van der Waals surface area (Å²) in [5.41, 5.74) is 0.621. The fraction of sp³-hybridized carbons (Fsp3) is 0.500. The van der Waals surface area contributed by atoms with Crippen molar-refractivity contribution in [2.45, 2.75) is 12.2 Å². The predicted molar refractivity (Wildman–Crippen MR) is 79.9 cm³/mol. The van der Waals surface area contributed by atoms with Crippen molar-refractivity contribution in [1.29, 1.82) is 0 Å². The Kier molecular flexibility index (Phi) is 4.93. The monoisotopic (exact) mass is 302 g/mol. The minimum atomic E-state index is -0.548. The Morgan fingerprint density at radius 2 is 2.32 bits per heavy atom. The molecule has 1 aromatic carbocycles. The molecule has 0 aromatic heterocycles. The molecule has 0 amide bonds. The minimum Gasteiger partial charge on any atom is -0.378 e. The lowest BCUT2D eigenvalue weighted by Gasteiger charge is -2.21. The average Bonchev–Trinajstić information content (AvgIpc) is 2.40. The van der Waals surface area contributed by atoms with E-state index in [0.29, 0.717) is 23.0 Å². The lowest BCUT2D eigenvalue weighted by atomic mass is 10.1. The van der Waals surface area contributed by atoms with Crippen LogP contribution in [-0.4, -0.2) is 34.0 Å². The summed E-state index contributed by atoms with van der Waals surface area (Å²) in [5.74, 6) is 2.78. The van der Waals surface area contributed by atoms with Gasteiger partial charge in [0.1, 0.15) is 11.5 Å². The summed E-state index contributed by atoms with van der Waals surface area (Å²) >= 11 is 3.78. The summed E-state index contributed by atoms with van der Waals surface area (Å²) in [5, 5.41) is 14.5. The highest BCUT2D eigenvalue weighted by Gasteiger charge is 2.19. The zero-order chi connectivity index (χ0) is 13.8. The normalized spacial score (nSPS) is 19.2. The van der Waals surface area contributed by atoms with E-state index in [4.69, 9.17) is 0 Å². The first-order valence-corrected chi connectivity index (χ1v) is 8.16. The number of benzene rings is 1. The van der Waals surface area contributed by atoms with Gasteiger partial charge in [-0.2, -0.15) is 23.5 Å². The van der Waals surface area contributed by atoms with Crippen LogP contribution in [0, 0.1) is 22.9 Å². The average molecular weight is 302 g/mol. The van der Waals surface area contributed by atoms with Crippen LogP contribution in [0.3, 0.4) is 0 Å². The Bertz CT molecular complexity index is 479. The van der Waals surface area contributed by atoms with Gasteiger partial charge in [-0.1, -0.05) is 0 Å². The highest BCUT2D eigenvalue weighted by atomic mass is 32.2. The van der Waals surface area contributed by atoms with E-state index in [-0.39, 0.29) is 5.69 Å². The third-order valence-electron chi connectivity index (χ3n) is 2.88. The number of nitrogens with zero attached hydrogens (tertiary/aromatic N) is 1. The fourth-order valence-electron chi connectivity index (χ4n) is 1.84. The van der Waals surface area contributed by atoms with Crippen molar-refractivity contribution in [2.24, 2.45) is 0 Å². The SMILES string of the molecule is Cc1cc(NCC2CSCCS2)c([N+](=O)[O-])cc1F.